The molecule has 0 saturated carbocycles. The Labute approximate surface area is 110 Å². The van der Waals surface area contributed by atoms with Crippen LogP contribution in [0.1, 0.15) is 39.5 Å². The molecule has 0 aromatic rings. The minimum Gasteiger partial charge on any atom is -0.418 e. The molecule has 0 aromatic heterocycles. The molecule has 17 heavy (non-hydrogen) atoms. The van der Waals surface area contributed by atoms with Crippen LogP contribution in [0.2, 0.25) is 31.9 Å². The molecule has 4 heteroatoms. The fourth-order valence-electron chi connectivity index (χ4n) is 2.11. The Morgan fingerprint density at radius 2 is 1.06 bits per heavy atom. The van der Waals surface area contributed by atoms with E-state index in [1.807, 2.05) is 0 Å². The van der Waals surface area contributed by atoms with E-state index in [9.17, 15) is 0 Å². The van der Waals surface area contributed by atoms with Gasteiger partial charge in [0.25, 0.3) is 0 Å². The molecular weight excluding hydrogens is 244 g/mol. The summed E-state index contributed by atoms with van der Waals surface area (Å²) in [6.07, 6.45) is 4.82. The molecule has 0 radical (unpaired) electrons. The van der Waals surface area contributed by atoms with Crippen LogP contribution < -0.4 is 0 Å². The van der Waals surface area contributed by atoms with Crippen LogP contribution in [0.5, 0.6) is 0 Å². The average molecular weight is 277 g/mol. The quantitative estimate of drug-likeness (QED) is 0.430. The van der Waals surface area contributed by atoms with E-state index >= 15 is 0 Å². The normalized spacial score (nSPS) is 13.1. The lowest BCUT2D eigenvalue weighted by molar-refractivity contribution is 0.287. The maximum Gasteiger partial charge on any atom is 0.186 e. The van der Waals surface area contributed by atoms with Crippen LogP contribution in [0.15, 0.2) is 0 Å². The third-order valence-corrected chi connectivity index (χ3v) is 11.6. The molecule has 0 N–H and O–H groups in total. The van der Waals surface area contributed by atoms with Gasteiger partial charge in [0.2, 0.25) is 0 Å². The second-order valence-corrected chi connectivity index (χ2v) is 15.1. The zero-order valence-corrected chi connectivity index (χ0v) is 14.8. The zero-order chi connectivity index (χ0) is 13.4. The lowest BCUT2D eigenvalue weighted by Gasteiger charge is -2.31. The van der Waals surface area contributed by atoms with E-state index in [1.165, 1.54) is 31.4 Å². The van der Waals surface area contributed by atoms with Gasteiger partial charge in [-0.3, -0.25) is 0 Å². The monoisotopic (exact) mass is 276 g/mol. The Kier molecular flexibility index (Phi) is 8.63. The summed E-state index contributed by atoms with van der Waals surface area (Å²) in [5.74, 6) is 0. The predicted molar refractivity (Wildman–Crippen MR) is 81.5 cm³/mol. The molecule has 0 spiro atoms. The van der Waals surface area contributed by atoms with Crippen molar-refractivity contribution in [1.29, 1.82) is 0 Å². The van der Waals surface area contributed by atoms with E-state index in [1.54, 1.807) is 0 Å². The van der Waals surface area contributed by atoms with E-state index in [-0.39, 0.29) is 0 Å². The summed E-state index contributed by atoms with van der Waals surface area (Å²) in [7, 11) is -3.00. The Balaban J connectivity index is 3.99. The molecule has 0 aliphatic rings. The van der Waals surface area contributed by atoms with Gasteiger partial charge in [0.05, 0.1) is 0 Å². The van der Waals surface area contributed by atoms with Crippen molar-refractivity contribution in [3.05, 3.63) is 0 Å². The molecule has 0 unspecified atom stereocenters. The number of hydrogen-bond donors (Lipinski definition) is 0. The standard InChI is InChI=1S/C13H32O2Si2/c1-7-9-11-14-16(3,4)13-17(5,6)15-12-10-8-2/h7-13H2,1-6H3. The van der Waals surface area contributed by atoms with E-state index < -0.39 is 16.6 Å². The average Bonchev–Trinajstić information content (AvgIpc) is 2.16. The van der Waals surface area contributed by atoms with Gasteiger partial charge in [-0.25, -0.2) is 0 Å². The highest BCUT2D eigenvalue weighted by Crippen LogP contribution is 2.22. The molecule has 0 rings (SSSR count). The molecule has 0 aliphatic heterocycles. The molecule has 0 heterocycles. The van der Waals surface area contributed by atoms with Gasteiger partial charge < -0.3 is 8.85 Å². The van der Waals surface area contributed by atoms with Gasteiger partial charge in [0, 0.05) is 13.2 Å². The SMILES string of the molecule is CCCCO[Si](C)(C)C[Si](C)(C)OCCCC. The van der Waals surface area contributed by atoms with Crippen LogP contribution in [0.3, 0.4) is 0 Å². The topological polar surface area (TPSA) is 18.5 Å². The van der Waals surface area contributed by atoms with Gasteiger partial charge in [-0.2, -0.15) is 0 Å². The second-order valence-electron chi connectivity index (χ2n) is 6.10. The maximum absolute atomic E-state index is 6.11. The summed E-state index contributed by atoms with van der Waals surface area (Å²) in [6.45, 7) is 15.6. The third-order valence-electron chi connectivity index (χ3n) is 2.83. The van der Waals surface area contributed by atoms with Gasteiger partial charge in [0.1, 0.15) is 0 Å². The van der Waals surface area contributed by atoms with Crippen molar-refractivity contribution in [3.8, 4) is 0 Å². The lowest BCUT2D eigenvalue weighted by Crippen LogP contribution is -2.44. The summed E-state index contributed by atoms with van der Waals surface area (Å²) in [5.41, 5.74) is 1.22. The number of rotatable bonds is 10. The van der Waals surface area contributed by atoms with E-state index in [0.717, 1.165) is 13.2 Å². The predicted octanol–water partition coefficient (Wildman–Crippen LogP) is 4.57. The largest absolute Gasteiger partial charge is 0.418 e. The van der Waals surface area contributed by atoms with E-state index in [4.69, 9.17) is 8.85 Å². The van der Waals surface area contributed by atoms with Crippen LogP contribution in [-0.2, 0) is 8.85 Å². The smallest absolute Gasteiger partial charge is 0.186 e. The van der Waals surface area contributed by atoms with Crippen LogP contribution in [0, 0.1) is 0 Å². The highest BCUT2D eigenvalue weighted by atomic mass is 28.4. The molecule has 2 nitrogen and oxygen atoms in total. The maximum atomic E-state index is 6.11. The van der Waals surface area contributed by atoms with Gasteiger partial charge in [-0.1, -0.05) is 26.7 Å². The Hall–Kier alpha value is 0.354. The van der Waals surface area contributed by atoms with Gasteiger partial charge in [-0.15, -0.1) is 0 Å². The van der Waals surface area contributed by atoms with Crippen molar-refractivity contribution >= 4 is 16.6 Å². The molecule has 0 fully saturated rings. The fraction of sp³-hybridized carbons (Fsp3) is 1.00. The first kappa shape index (κ1) is 17.4. The van der Waals surface area contributed by atoms with E-state index in [0.29, 0.717) is 0 Å². The summed E-state index contributed by atoms with van der Waals surface area (Å²) < 4.78 is 12.2. The number of hydrogen-bond acceptors (Lipinski definition) is 2. The number of unbranched alkanes of at least 4 members (excludes halogenated alkanes) is 2. The first-order valence-corrected chi connectivity index (χ1v) is 13.3. The molecular formula is C13H32O2Si2. The van der Waals surface area contributed by atoms with Crippen molar-refractivity contribution in [3.63, 3.8) is 0 Å². The molecule has 0 bridgehead atoms. The fourth-order valence-corrected chi connectivity index (χ4v) is 12.5. The first-order chi connectivity index (χ1) is 7.83. The minimum atomic E-state index is -1.50. The summed E-state index contributed by atoms with van der Waals surface area (Å²) in [6, 6.07) is 0. The van der Waals surface area contributed by atoms with Crippen molar-refractivity contribution in [2.45, 2.75) is 71.4 Å². The molecule has 0 saturated heterocycles. The third kappa shape index (κ3) is 10.0. The van der Waals surface area contributed by atoms with Gasteiger partial charge in [-0.05, 0) is 44.7 Å². The van der Waals surface area contributed by atoms with Crippen LogP contribution >= 0.6 is 0 Å². The summed E-state index contributed by atoms with van der Waals surface area (Å²) in [4.78, 5) is 0. The molecule has 0 aromatic carbocycles. The second kappa shape index (κ2) is 8.45. The Bertz CT molecular complexity index is 174. The van der Waals surface area contributed by atoms with Gasteiger partial charge in [0.15, 0.2) is 16.6 Å². The van der Waals surface area contributed by atoms with Crippen LogP contribution in [0.25, 0.3) is 0 Å². The Morgan fingerprint density at radius 1 is 0.706 bits per heavy atom. The first-order valence-electron chi connectivity index (χ1n) is 7.11. The molecule has 0 aliphatic carbocycles. The molecule has 104 valence electrons. The summed E-state index contributed by atoms with van der Waals surface area (Å²) in [5, 5.41) is 0. The molecule has 0 atom stereocenters. The van der Waals surface area contributed by atoms with Gasteiger partial charge >= 0.3 is 0 Å². The molecule has 0 amide bonds. The summed E-state index contributed by atoms with van der Waals surface area (Å²) >= 11 is 0. The van der Waals surface area contributed by atoms with Crippen molar-refractivity contribution in [1.82, 2.24) is 0 Å². The van der Waals surface area contributed by atoms with E-state index in [2.05, 4.69) is 40.0 Å². The highest BCUT2D eigenvalue weighted by molar-refractivity contribution is 6.89. The van der Waals surface area contributed by atoms with Crippen LogP contribution in [0.4, 0.5) is 0 Å². The minimum absolute atomic E-state index is 0.940. The Morgan fingerprint density at radius 3 is 1.35 bits per heavy atom. The van der Waals surface area contributed by atoms with Crippen LogP contribution in [-0.4, -0.2) is 29.8 Å². The highest BCUT2D eigenvalue weighted by Gasteiger charge is 2.34. The van der Waals surface area contributed by atoms with Crippen molar-refractivity contribution in [2.75, 3.05) is 13.2 Å². The van der Waals surface area contributed by atoms with Crippen molar-refractivity contribution in [2.24, 2.45) is 0 Å². The van der Waals surface area contributed by atoms with Crippen molar-refractivity contribution < 1.29 is 8.85 Å². The zero-order valence-electron chi connectivity index (χ0n) is 12.8. The lowest BCUT2D eigenvalue weighted by atomic mass is 10.4.